The fourth-order valence-electron chi connectivity index (χ4n) is 1.80. The highest BCUT2D eigenvalue weighted by Crippen LogP contribution is 2.06. The minimum atomic E-state index is -0.296. The van der Waals surface area contributed by atoms with E-state index in [4.69, 9.17) is 0 Å². The first-order valence-electron chi connectivity index (χ1n) is 6.55. The van der Waals surface area contributed by atoms with Gasteiger partial charge in [0.05, 0.1) is 0 Å². The van der Waals surface area contributed by atoms with Gasteiger partial charge in [0.1, 0.15) is 5.82 Å². The molecule has 0 bridgehead atoms. The number of carbonyl (C=O) groups excluding carboxylic acids is 1. The summed E-state index contributed by atoms with van der Waals surface area (Å²) in [4.78, 5) is 11.6. The van der Waals surface area contributed by atoms with Crippen LogP contribution in [0.15, 0.2) is 54.6 Å². The average molecular weight is 272 g/mol. The Labute approximate surface area is 117 Å². The molecule has 104 valence electrons. The van der Waals surface area contributed by atoms with E-state index in [2.05, 4.69) is 10.6 Å². The summed E-state index contributed by atoms with van der Waals surface area (Å²) in [5.74, 6) is -0.396. The second kappa shape index (κ2) is 7.28. The number of amides is 1. The molecule has 2 aromatic carbocycles. The van der Waals surface area contributed by atoms with Gasteiger partial charge in [-0.25, -0.2) is 4.39 Å². The molecule has 0 saturated carbocycles. The van der Waals surface area contributed by atoms with Gasteiger partial charge in [-0.15, -0.1) is 0 Å². The summed E-state index contributed by atoms with van der Waals surface area (Å²) in [6, 6.07) is 16.1. The van der Waals surface area contributed by atoms with Crippen molar-refractivity contribution in [1.29, 1.82) is 0 Å². The molecule has 2 rings (SSSR count). The molecule has 0 aromatic heterocycles. The fraction of sp³-hybridized carbons (Fsp3) is 0.188. The lowest BCUT2D eigenvalue weighted by atomic mass is 10.2. The fourth-order valence-corrected chi connectivity index (χ4v) is 1.80. The first kappa shape index (κ1) is 14.1. The standard InChI is InChI=1S/C16H17FN2O/c17-15-9-5-4-6-13(15)12-19-16(20)10-11-18-14-7-2-1-3-8-14/h1-9,18H,10-12H2,(H,19,20). The first-order valence-corrected chi connectivity index (χ1v) is 6.55. The van der Waals surface area contributed by atoms with Crippen molar-refractivity contribution in [3.63, 3.8) is 0 Å². The van der Waals surface area contributed by atoms with E-state index in [1.807, 2.05) is 30.3 Å². The highest BCUT2D eigenvalue weighted by Gasteiger charge is 2.04. The van der Waals surface area contributed by atoms with Gasteiger partial charge in [0.2, 0.25) is 5.91 Å². The van der Waals surface area contributed by atoms with Crippen molar-refractivity contribution in [1.82, 2.24) is 5.32 Å². The molecule has 0 heterocycles. The van der Waals surface area contributed by atoms with E-state index in [1.165, 1.54) is 6.07 Å². The lowest BCUT2D eigenvalue weighted by molar-refractivity contribution is -0.121. The molecule has 0 spiro atoms. The first-order chi connectivity index (χ1) is 9.75. The zero-order valence-corrected chi connectivity index (χ0v) is 11.1. The second-order valence-corrected chi connectivity index (χ2v) is 4.41. The van der Waals surface area contributed by atoms with E-state index in [1.54, 1.807) is 18.2 Å². The largest absolute Gasteiger partial charge is 0.385 e. The smallest absolute Gasteiger partial charge is 0.222 e. The summed E-state index contributed by atoms with van der Waals surface area (Å²) >= 11 is 0. The summed E-state index contributed by atoms with van der Waals surface area (Å²) in [6.07, 6.45) is 0.351. The molecule has 0 radical (unpaired) electrons. The molecule has 0 unspecified atom stereocenters. The summed E-state index contributed by atoms with van der Waals surface area (Å²) in [7, 11) is 0. The van der Waals surface area contributed by atoms with Crippen LogP contribution in [0.2, 0.25) is 0 Å². The van der Waals surface area contributed by atoms with Crippen LogP contribution in [0.4, 0.5) is 10.1 Å². The Kier molecular flexibility index (Phi) is 5.12. The van der Waals surface area contributed by atoms with Crippen molar-refractivity contribution >= 4 is 11.6 Å². The number of hydrogen-bond acceptors (Lipinski definition) is 2. The van der Waals surface area contributed by atoms with Gasteiger partial charge < -0.3 is 10.6 Å². The topological polar surface area (TPSA) is 41.1 Å². The average Bonchev–Trinajstić information content (AvgIpc) is 2.47. The number of anilines is 1. The Hall–Kier alpha value is -2.36. The summed E-state index contributed by atoms with van der Waals surface area (Å²) in [5.41, 5.74) is 1.48. The molecular formula is C16H17FN2O. The van der Waals surface area contributed by atoms with Crippen molar-refractivity contribution in [2.24, 2.45) is 0 Å². The zero-order valence-electron chi connectivity index (χ0n) is 11.1. The second-order valence-electron chi connectivity index (χ2n) is 4.41. The molecule has 1 amide bonds. The van der Waals surface area contributed by atoms with Crippen LogP contribution >= 0.6 is 0 Å². The monoisotopic (exact) mass is 272 g/mol. The van der Waals surface area contributed by atoms with E-state index in [0.717, 1.165) is 5.69 Å². The van der Waals surface area contributed by atoms with Crippen LogP contribution in [0.5, 0.6) is 0 Å². The molecule has 2 aromatic rings. The minimum Gasteiger partial charge on any atom is -0.385 e. The molecule has 0 aliphatic carbocycles. The molecule has 20 heavy (non-hydrogen) atoms. The van der Waals surface area contributed by atoms with Gasteiger partial charge in [0.25, 0.3) is 0 Å². The van der Waals surface area contributed by atoms with E-state index in [-0.39, 0.29) is 18.3 Å². The Bertz CT molecular complexity index is 557. The number of para-hydroxylation sites is 1. The van der Waals surface area contributed by atoms with Gasteiger partial charge in [-0.2, -0.15) is 0 Å². The number of benzene rings is 2. The van der Waals surface area contributed by atoms with Gasteiger partial charge >= 0.3 is 0 Å². The van der Waals surface area contributed by atoms with Crippen LogP contribution in [0.1, 0.15) is 12.0 Å². The maximum Gasteiger partial charge on any atom is 0.222 e. The highest BCUT2D eigenvalue weighted by molar-refractivity contribution is 5.76. The van der Waals surface area contributed by atoms with Crippen molar-refractivity contribution in [2.75, 3.05) is 11.9 Å². The predicted molar refractivity (Wildman–Crippen MR) is 77.8 cm³/mol. The highest BCUT2D eigenvalue weighted by atomic mass is 19.1. The maximum absolute atomic E-state index is 13.3. The van der Waals surface area contributed by atoms with Crippen LogP contribution in [-0.4, -0.2) is 12.5 Å². The number of nitrogens with one attached hydrogen (secondary N) is 2. The Morgan fingerprint density at radius 1 is 1.00 bits per heavy atom. The van der Waals surface area contributed by atoms with E-state index in [9.17, 15) is 9.18 Å². The van der Waals surface area contributed by atoms with Crippen molar-refractivity contribution in [3.8, 4) is 0 Å². The third kappa shape index (κ3) is 4.39. The van der Waals surface area contributed by atoms with E-state index >= 15 is 0 Å². The lowest BCUT2D eigenvalue weighted by Gasteiger charge is -2.08. The molecule has 4 heteroatoms. The number of hydrogen-bond donors (Lipinski definition) is 2. The molecule has 0 atom stereocenters. The van der Waals surface area contributed by atoms with Gasteiger partial charge in [0.15, 0.2) is 0 Å². The zero-order chi connectivity index (χ0) is 14.2. The van der Waals surface area contributed by atoms with Crippen molar-refractivity contribution in [2.45, 2.75) is 13.0 Å². The van der Waals surface area contributed by atoms with Crippen molar-refractivity contribution in [3.05, 3.63) is 66.0 Å². The Morgan fingerprint density at radius 2 is 1.70 bits per heavy atom. The Balaban J connectivity index is 1.70. The minimum absolute atomic E-state index is 0.100. The van der Waals surface area contributed by atoms with Gasteiger partial charge in [-0.1, -0.05) is 36.4 Å². The van der Waals surface area contributed by atoms with E-state index in [0.29, 0.717) is 18.5 Å². The molecule has 0 aliphatic rings. The van der Waals surface area contributed by atoms with Gasteiger partial charge in [0, 0.05) is 30.8 Å². The third-order valence-electron chi connectivity index (χ3n) is 2.89. The molecule has 3 nitrogen and oxygen atoms in total. The van der Waals surface area contributed by atoms with Crippen LogP contribution in [0.3, 0.4) is 0 Å². The SMILES string of the molecule is O=C(CCNc1ccccc1)NCc1ccccc1F. The molecule has 0 fully saturated rings. The molecule has 2 N–H and O–H groups in total. The number of halogens is 1. The summed E-state index contributed by atoms with van der Waals surface area (Å²) < 4.78 is 13.3. The normalized spacial score (nSPS) is 10.1. The van der Waals surface area contributed by atoms with E-state index < -0.39 is 0 Å². The van der Waals surface area contributed by atoms with Crippen molar-refractivity contribution < 1.29 is 9.18 Å². The number of carbonyl (C=O) groups is 1. The third-order valence-corrected chi connectivity index (χ3v) is 2.89. The predicted octanol–water partition coefficient (Wildman–Crippen LogP) is 2.94. The molecule has 0 aliphatic heterocycles. The lowest BCUT2D eigenvalue weighted by Crippen LogP contribution is -2.25. The maximum atomic E-state index is 13.3. The summed E-state index contributed by atoms with van der Waals surface area (Å²) in [6.45, 7) is 0.768. The van der Waals surface area contributed by atoms with Crippen LogP contribution in [-0.2, 0) is 11.3 Å². The van der Waals surface area contributed by atoms with Gasteiger partial charge in [-0.3, -0.25) is 4.79 Å². The Morgan fingerprint density at radius 3 is 2.45 bits per heavy atom. The van der Waals surface area contributed by atoms with Crippen LogP contribution in [0.25, 0.3) is 0 Å². The quantitative estimate of drug-likeness (QED) is 0.849. The van der Waals surface area contributed by atoms with Crippen LogP contribution < -0.4 is 10.6 Å². The van der Waals surface area contributed by atoms with Gasteiger partial charge in [-0.05, 0) is 18.2 Å². The van der Waals surface area contributed by atoms with Crippen LogP contribution in [0, 0.1) is 5.82 Å². The molecular weight excluding hydrogens is 255 g/mol. The summed E-state index contributed by atoms with van der Waals surface area (Å²) in [5, 5.41) is 5.86. The number of rotatable bonds is 6. The molecule has 0 saturated heterocycles.